The van der Waals surface area contributed by atoms with Gasteiger partial charge in [-0.3, -0.25) is 0 Å². The summed E-state index contributed by atoms with van der Waals surface area (Å²) in [6.45, 7) is 1.98. The molecule has 0 N–H and O–H groups in total. The minimum absolute atomic E-state index is 0.185. The maximum atomic E-state index is 12.9. The van der Waals surface area contributed by atoms with Gasteiger partial charge in [0.05, 0.1) is 5.75 Å². The molecule has 0 bridgehead atoms. The van der Waals surface area contributed by atoms with Gasteiger partial charge in [0.1, 0.15) is 10.8 Å². The van der Waals surface area contributed by atoms with Crippen LogP contribution in [-0.4, -0.2) is 4.98 Å². The van der Waals surface area contributed by atoms with E-state index in [2.05, 4.69) is 4.98 Å². The summed E-state index contributed by atoms with van der Waals surface area (Å²) in [5.74, 6) is 0.623. The van der Waals surface area contributed by atoms with Crippen molar-refractivity contribution in [3.8, 4) is 0 Å². The van der Waals surface area contributed by atoms with Crippen LogP contribution in [0.5, 0.6) is 0 Å². The molecule has 1 aromatic heterocycles. The van der Waals surface area contributed by atoms with Gasteiger partial charge in [-0.15, -0.1) is 23.1 Å². The van der Waals surface area contributed by atoms with Gasteiger partial charge < -0.3 is 0 Å². The predicted octanol–water partition coefficient (Wildman–Crippen LogP) is 3.88. The number of benzene rings is 1. The van der Waals surface area contributed by atoms with Crippen LogP contribution in [0.1, 0.15) is 10.7 Å². The second-order valence-electron chi connectivity index (χ2n) is 3.13. The van der Waals surface area contributed by atoms with E-state index < -0.39 is 0 Å². The average molecular weight is 239 g/mol. The van der Waals surface area contributed by atoms with Crippen LogP contribution in [0, 0.1) is 12.7 Å². The molecule has 0 aliphatic carbocycles. The third-order valence-electron chi connectivity index (χ3n) is 1.82. The Balaban J connectivity index is 1.99. The lowest BCUT2D eigenvalue weighted by Crippen LogP contribution is -1.80. The molecule has 0 saturated heterocycles. The molecule has 1 aromatic carbocycles. The molecule has 0 spiro atoms. The van der Waals surface area contributed by atoms with Gasteiger partial charge in [-0.1, -0.05) is 6.07 Å². The molecule has 2 rings (SSSR count). The Kier molecular flexibility index (Phi) is 3.38. The number of rotatable bonds is 3. The molecule has 1 heterocycles. The van der Waals surface area contributed by atoms with Gasteiger partial charge in [0.25, 0.3) is 0 Å². The summed E-state index contributed by atoms with van der Waals surface area (Å²) >= 11 is 3.26. The highest BCUT2D eigenvalue weighted by atomic mass is 32.2. The number of aryl methyl sites for hydroxylation is 1. The second kappa shape index (κ2) is 4.77. The van der Waals surface area contributed by atoms with Crippen molar-refractivity contribution in [1.82, 2.24) is 4.98 Å². The Morgan fingerprint density at radius 2 is 2.33 bits per heavy atom. The van der Waals surface area contributed by atoms with Crippen LogP contribution in [-0.2, 0) is 5.75 Å². The highest BCUT2D eigenvalue weighted by molar-refractivity contribution is 7.98. The summed E-state index contributed by atoms with van der Waals surface area (Å²) in [4.78, 5) is 5.30. The van der Waals surface area contributed by atoms with Crippen LogP contribution < -0.4 is 0 Å². The molecule has 2 aromatic rings. The van der Waals surface area contributed by atoms with Gasteiger partial charge in [-0.25, -0.2) is 9.37 Å². The van der Waals surface area contributed by atoms with Crippen LogP contribution in [0.15, 0.2) is 34.5 Å². The Morgan fingerprint density at radius 1 is 1.47 bits per heavy atom. The van der Waals surface area contributed by atoms with E-state index in [0.29, 0.717) is 0 Å². The van der Waals surface area contributed by atoms with Gasteiger partial charge in [0.2, 0.25) is 0 Å². The van der Waals surface area contributed by atoms with E-state index in [1.807, 2.05) is 18.4 Å². The Labute approximate surface area is 96.4 Å². The number of nitrogens with zero attached hydrogens (tertiary/aromatic N) is 1. The van der Waals surface area contributed by atoms with Crippen LogP contribution in [0.4, 0.5) is 4.39 Å². The Morgan fingerprint density at radius 3 is 3.00 bits per heavy atom. The lowest BCUT2D eigenvalue weighted by atomic mass is 10.4. The molecule has 15 heavy (non-hydrogen) atoms. The van der Waals surface area contributed by atoms with Crippen molar-refractivity contribution in [2.75, 3.05) is 0 Å². The normalized spacial score (nSPS) is 10.5. The molecular weight excluding hydrogens is 229 g/mol. The van der Waals surface area contributed by atoms with Crippen molar-refractivity contribution >= 4 is 23.1 Å². The maximum Gasteiger partial charge on any atom is 0.124 e. The maximum absolute atomic E-state index is 12.9. The second-order valence-corrected chi connectivity index (χ2v) is 5.12. The fraction of sp³-hybridized carbons (Fsp3) is 0.182. The molecule has 0 aliphatic rings. The number of hydrogen-bond acceptors (Lipinski definition) is 3. The van der Waals surface area contributed by atoms with E-state index in [4.69, 9.17) is 0 Å². The molecule has 0 atom stereocenters. The highest BCUT2D eigenvalue weighted by Crippen LogP contribution is 2.24. The minimum atomic E-state index is -0.185. The van der Waals surface area contributed by atoms with Crippen molar-refractivity contribution in [2.24, 2.45) is 0 Å². The average Bonchev–Trinajstić information content (AvgIpc) is 2.62. The zero-order valence-electron chi connectivity index (χ0n) is 8.24. The van der Waals surface area contributed by atoms with E-state index in [0.717, 1.165) is 21.3 Å². The first-order valence-electron chi connectivity index (χ1n) is 4.53. The summed E-state index contributed by atoms with van der Waals surface area (Å²) in [7, 11) is 0. The fourth-order valence-electron chi connectivity index (χ4n) is 1.17. The van der Waals surface area contributed by atoms with Crippen LogP contribution >= 0.6 is 23.1 Å². The monoisotopic (exact) mass is 239 g/mol. The first-order chi connectivity index (χ1) is 7.24. The number of hydrogen-bond donors (Lipinski definition) is 0. The number of aromatic nitrogens is 1. The predicted molar refractivity (Wildman–Crippen MR) is 62.8 cm³/mol. The summed E-state index contributed by atoms with van der Waals surface area (Å²) in [6.07, 6.45) is 0. The molecule has 1 nitrogen and oxygen atoms in total. The molecule has 78 valence electrons. The number of thiazole rings is 1. The summed E-state index contributed by atoms with van der Waals surface area (Å²) in [6, 6.07) is 6.64. The van der Waals surface area contributed by atoms with Crippen molar-refractivity contribution < 1.29 is 4.39 Å². The lowest BCUT2D eigenvalue weighted by molar-refractivity contribution is 0.624. The van der Waals surface area contributed by atoms with E-state index in [1.165, 1.54) is 6.07 Å². The van der Waals surface area contributed by atoms with E-state index >= 15 is 0 Å². The van der Waals surface area contributed by atoms with Crippen LogP contribution in [0.2, 0.25) is 0 Å². The van der Waals surface area contributed by atoms with E-state index in [1.54, 1.807) is 35.2 Å². The first-order valence-corrected chi connectivity index (χ1v) is 6.40. The Bertz CT molecular complexity index is 453. The van der Waals surface area contributed by atoms with Crippen LogP contribution in [0.3, 0.4) is 0 Å². The molecule has 0 unspecified atom stereocenters. The van der Waals surface area contributed by atoms with E-state index in [9.17, 15) is 4.39 Å². The Hall–Kier alpha value is -0.870. The topological polar surface area (TPSA) is 12.9 Å². The van der Waals surface area contributed by atoms with Crippen molar-refractivity contribution in [3.63, 3.8) is 0 Å². The molecule has 0 saturated carbocycles. The zero-order chi connectivity index (χ0) is 10.7. The van der Waals surface area contributed by atoms with Crippen molar-refractivity contribution in [2.45, 2.75) is 17.6 Å². The smallest absolute Gasteiger partial charge is 0.124 e. The van der Waals surface area contributed by atoms with Gasteiger partial charge in [-0.2, -0.15) is 0 Å². The van der Waals surface area contributed by atoms with Crippen molar-refractivity contribution in [1.29, 1.82) is 0 Å². The highest BCUT2D eigenvalue weighted by Gasteiger charge is 2.01. The molecule has 0 aliphatic heterocycles. The number of thioether (sulfide) groups is 1. The molecule has 0 radical (unpaired) electrons. The van der Waals surface area contributed by atoms with Crippen molar-refractivity contribution in [3.05, 3.63) is 46.2 Å². The molecule has 0 amide bonds. The third kappa shape index (κ3) is 3.04. The molecular formula is C11H10FNS2. The molecule has 4 heteroatoms. The summed E-state index contributed by atoms with van der Waals surface area (Å²) < 4.78 is 12.9. The standard InChI is InChI=1S/C11H10FNS2/c1-8-6-15-11(13-8)7-14-10-4-2-3-9(12)5-10/h2-6H,7H2,1H3. The quantitative estimate of drug-likeness (QED) is 0.754. The largest absolute Gasteiger partial charge is 0.246 e. The summed E-state index contributed by atoms with van der Waals surface area (Å²) in [5, 5.41) is 3.11. The molecule has 0 fully saturated rings. The van der Waals surface area contributed by atoms with Gasteiger partial charge in [-0.05, 0) is 25.1 Å². The van der Waals surface area contributed by atoms with Gasteiger partial charge in [0, 0.05) is 16.0 Å². The zero-order valence-corrected chi connectivity index (χ0v) is 9.87. The lowest BCUT2D eigenvalue weighted by Gasteiger charge is -1.98. The van der Waals surface area contributed by atoms with Gasteiger partial charge in [0.15, 0.2) is 0 Å². The first kappa shape index (κ1) is 10.6. The van der Waals surface area contributed by atoms with Crippen LogP contribution in [0.25, 0.3) is 0 Å². The van der Waals surface area contributed by atoms with Gasteiger partial charge >= 0.3 is 0 Å². The third-order valence-corrected chi connectivity index (χ3v) is 3.98. The SMILES string of the molecule is Cc1csc(CSc2cccc(F)c2)n1. The summed E-state index contributed by atoms with van der Waals surface area (Å²) in [5.41, 5.74) is 1.05. The van der Waals surface area contributed by atoms with E-state index in [-0.39, 0.29) is 5.82 Å². The number of halogens is 1. The minimum Gasteiger partial charge on any atom is -0.246 e. The fourth-order valence-corrected chi connectivity index (χ4v) is 2.90.